The summed E-state index contributed by atoms with van der Waals surface area (Å²) in [6.07, 6.45) is 2.98. The van der Waals surface area contributed by atoms with Gasteiger partial charge in [0, 0.05) is 42.6 Å². The van der Waals surface area contributed by atoms with Crippen molar-refractivity contribution in [2.45, 2.75) is 78.2 Å². The smallest absolute Gasteiger partial charge is 0.383 e. The van der Waals surface area contributed by atoms with E-state index in [0.717, 1.165) is 37.2 Å². The third-order valence-corrected chi connectivity index (χ3v) is 6.76. The van der Waals surface area contributed by atoms with Crippen LogP contribution in [0.25, 0.3) is 11.3 Å². The molecule has 3 atom stereocenters. The Morgan fingerprint density at radius 3 is 2.38 bits per heavy atom. The van der Waals surface area contributed by atoms with E-state index < -0.39 is 17.6 Å². The lowest BCUT2D eigenvalue weighted by molar-refractivity contribution is -0.137. The number of halogens is 3. The highest BCUT2D eigenvalue weighted by Gasteiger charge is 2.48. The Labute approximate surface area is 200 Å². The van der Waals surface area contributed by atoms with E-state index in [1.807, 2.05) is 27.7 Å². The van der Waals surface area contributed by atoms with Gasteiger partial charge in [-0.15, -0.1) is 0 Å². The van der Waals surface area contributed by atoms with Crippen LogP contribution in [0.5, 0.6) is 0 Å². The summed E-state index contributed by atoms with van der Waals surface area (Å²) in [6, 6.07) is 4.32. The first-order valence-corrected chi connectivity index (χ1v) is 12.3. The van der Waals surface area contributed by atoms with Crippen LogP contribution in [0.4, 0.5) is 19.0 Å². The van der Waals surface area contributed by atoms with Crippen molar-refractivity contribution in [3.8, 4) is 11.3 Å². The molecule has 9 heteroatoms. The van der Waals surface area contributed by atoms with Gasteiger partial charge in [-0.3, -0.25) is 9.58 Å². The van der Waals surface area contributed by atoms with E-state index in [1.54, 1.807) is 16.9 Å². The number of rotatable bonds is 3. The second-order valence-electron chi connectivity index (χ2n) is 9.47. The number of hydrogen-bond donors (Lipinski definition) is 1. The Hall–Kier alpha value is -2.13. The molecule has 2 aromatic rings. The van der Waals surface area contributed by atoms with Crippen molar-refractivity contribution in [3.05, 3.63) is 30.1 Å². The number of aromatic nitrogens is 3. The van der Waals surface area contributed by atoms with Gasteiger partial charge in [0.1, 0.15) is 5.82 Å². The average molecular weight is 482 g/mol. The monoisotopic (exact) mass is 481 g/mol. The maximum atomic E-state index is 12.7. The zero-order chi connectivity index (χ0) is 25.0. The van der Waals surface area contributed by atoms with Crippen molar-refractivity contribution in [3.63, 3.8) is 0 Å². The maximum Gasteiger partial charge on any atom is 0.419 e. The van der Waals surface area contributed by atoms with Gasteiger partial charge in [0.25, 0.3) is 0 Å². The SMILES string of the molecule is CC.CC(C)n1ccc(-c2cnc(N)c(C(F)(F)F)c2)n1.CC1COCCN1C1CC2CC2C1. The van der Waals surface area contributed by atoms with Gasteiger partial charge in [0.15, 0.2) is 0 Å². The molecule has 2 N–H and O–H groups in total. The first kappa shape index (κ1) is 26.5. The van der Waals surface area contributed by atoms with E-state index >= 15 is 0 Å². The first-order valence-electron chi connectivity index (χ1n) is 12.3. The molecular formula is C25H38F3N5O. The molecule has 3 unspecified atom stereocenters. The van der Waals surface area contributed by atoms with Gasteiger partial charge in [-0.05, 0) is 64.0 Å². The molecule has 3 heterocycles. The van der Waals surface area contributed by atoms with Crippen molar-refractivity contribution in [2.75, 3.05) is 25.5 Å². The van der Waals surface area contributed by atoms with Crippen molar-refractivity contribution in [1.82, 2.24) is 19.7 Å². The second-order valence-corrected chi connectivity index (χ2v) is 9.47. The number of nitrogen functional groups attached to an aromatic ring is 1. The molecule has 190 valence electrons. The lowest BCUT2D eigenvalue weighted by atomic mass is 10.1. The summed E-state index contributed by atoms with van der Waals surface area (Å²) in [7, 11) is 0. The van der Waals surface area contributed by atoms with Crippen molar-refractivity contribution < 1.29 is 17.9 Å². The molecule has 5 rings (SSSR count). The molecule has 2 aliphatic carbocycles. The van der Waals surface area contributed by atoms with Crippen molar-refractivity contribution in [1.29, 1.82) is 0 Å². The molecule has 0 aromatic carbocycles. The highest BCUT2D eigenvalue weighted by atomic mass is 19.4. The fourth-order valence-corrected chi connectivity index (χ4v) is 4.86. The molecule has 0 bridgehead atoms. The fraction of sp³-hybridized carbons (Fsp3) is 0.680. The molecule has 2 saturated carbocycles. The van der Waals surface area contributed by atoms with E-state index in [4.69, 9.17) is 10.5 Å². The summed E-state index contributed by atoms with van der Waals surface area (Å²) in [4.78, 5) is 6.27. The van der Waals surface area contributed by atoms with Gasteiger partial charge in [0.2, 0.25) is 0 Å². The van der Waals surface area contributed by atoms with Crippen LogP contribution in [-0.2, 0) is 10.9 Å². The summed E-state index contributed by atoms with van der Waals surface area (Å²) >= 11 is 0. The zero-order valence-electron chi connectivity index (χ0n) is 20.8. The molecule has 6 nitrogen and oxygen atoms in total. The number of alkyl halides is 3. The quantitative estimate of drug-likeness (QED) is 0.613. The molecule has 3 aliphatic rings. The first-order chi connectivity index (χ1) is 16.1. The van der Waals surface area contributed by atoms with Crippen LogP contribution in [0, 0.1) is 11.8 Å². The summed E-state index contributed by atoms with van der Waals surface area (Å²) < 4.78 is 45.3. The number of fused-ring (bicyclic) bond motifs is 1. The number of hydrogen-bond acceptors (Lipinski definition) is 5. The van der Waals surface area contributed by atoms with Crippen LogP contribution in [0.2, 0.25) is 0 Å². The number of anilines is 1. The Balaban J connectivity index is 0.000000187. The van der Waals surface area contributed by atoms with Crippen LogP contribution in [0.15, 0.2) is 24.5 Å². The largest absolute Gasteiger partial charge is 0.419 e. The molecule has 1 saturated heterocycles. The minimum atomic E-state index is -4.52. The minimum Gasteiger partial charge on any atom is -0.383 e. The van der Waals surface area contributed by atoms with Crippen LogP contribution in [0.3, 0.4) is 0 Å². The van der Waals surface area contributed by atoms with Crippen molar-refractivity contribution >= 4 is 5.82 Å². The van der Waals surface area contributed by atoms with Crippen LogP contribution < -0.4 is 5.73 Å². The van der Waals surface area contributed by atoms with E-state index in [-0.39, 0.29) is 6.04 Å². The predicted molar refractivity (Wildman–Crippen MR) is 128 cm³/mol. The molecule has 0 radical (unpaired) electrons. The van der Waals surface area contributed by atoms with Crippen molar-refractivity contribution in [2.24, 2.45) is 11.8 Å². The van der Waals surface area contributed by atoms with Gasteiger partial charge in [0.05, 0.1) is 24.5 Å². The number of ether oxygens (including phenoxy) is 1. The third-order valence-electron chi connectivity index (χ3n) is 6.76. The van der Waals surface area contributed by atoms with Crippen LogP contribution in [0.1, 0.15) is 65.5 Å². The number of morpholine rings is 1. The minimum absolute atomic E-state index is 0.137. The molecule has 2 aromatic heterocycles. The van der Waals surface area contributed by atoms with Gasteiger partial charge >= 0.3 is 6.18 Å². The summed E-state index contributed by atoms with van der Waals surface area (Å²) in [6.45, 7) is 13.2. The van der Waals surface area contributed by atoms with E-state index in [9.17, 15) is 13.2 Å². The lowest BCUT2D eigenvalue weighted by Crippen LogP contribution is -2.48. The highest BCUT2D eigenvalue weighted by molar-refractivity contribution is 5.61. The molecule has 0 amide bonds. The average Bonchev–Trinajstić information content (AvgIpc) is 3.18. The lowest BCUT2D eigenvalue weighted by Gasteiger charge is -2.38. The zero-order valence-corrected chi connectivity index (χ0v) is 20.8. The number of nitrogens with zero attached hydrogens (tertiary/aromatic N) is 4. The summed E-state index contributed by atoms with van der Waals surface area (Å²) in [5, 5.41) is 4.20. The number of nitrogens with two attached hydrogens (primary N) is 1. The van der Waals surface area contributed by atoms with Gasteiger partial charge in [-0.2, -0.15) is 18.3 Å². The molecule has 3 fully saturated rings. The second kappa shape index (κ2) is 11.1. The summed E-state index contributed by atoms with van der Waals surface area (Å²) in [5.41, 5.74) is 5.04. The van der Waals surface area contributed by atoms with Gasteiger partial charge < -0.3 is 10.5 Å². The highest BCUT2D eigenvalue weighted by Crippen LogP contribution is 2.53. The molecule has 0 spiro atoms. The molecule has 34 heavy (non-hydrogen) atoms. The number of pyridine rings is 1. The Bertz CT molecular complexity index is 920. The van der Waals surface area contributed by atoms with Crippen LogP contribution in [-0.4, -0.2) is 51.5 Å². The Morgan fingerprint density at radius 2 is 1.82 bits per heavy atom. The Kier molecular flexibility index (Phi) is 8.62. The molecular weight excluding hydrogens is 443 g/mol. The van der Waals surface area contributed by atoms with E-state index in [1.165, 1.54) is 32.0 Å². The normalized spacial score (nSPS) is 26.3. The standard InChI is InChI=1S/C12H13F3N4.C11H19NO.C2H6/c1-7(2)19-4-3-10(18-19)8-5-9(12(13,14)15)11(16)17-6-8;1-8-7-13-3-2-12(8)11-5-9-4-10(9)6-11;1-2/h3-7H,1-2H3,(H2,16,17);8-11H,2-7H2,1H3;1-2H3. The fourth-order valence-electron chi connectivity index (χ4n) is 4.86. The molecule has 1 aliphatic heterocycles. The van der Waals surface area contributed by atoms with Gasteiger partial charge in [-0.1, -0.05) is 13.8 Å². The van der Waals surface area contributed by atoms with Crippen LogP contribution >= 0.6 is 0 Å². The summed E-state index contributed by atoms with van der Waals surface area (Å²) in [5.74, 6) is 1.69. The van der Waals surface area contributed by atoms with Gasteiger partial charge in [-0.25, -0.2) is 4.98 Å². The van der Waals surface area contributed by atoms with E-state index in [2.05, 4.69) is 21.9 Å². The Morgan fingerprint density at radius 1 is 1.15 bits per heavy atom. The topological polar surface area (TPSA) is 69.2 Å². The third kappa shape index (κ3) is 6.30. The maximum absolute atomic E-state index is 12.7. The van der Waals surface area contributed by atoms with E-state index in [0.29, 0.717) is 17.3 Å². The predicted octanol–water partition coefficient (Wildman–Crippen LogP) is 5.66.